The minimum atomic E-state index is -3.92. The first-order chi connectivity index (χ1) is 11.5. The molecule has 0 amide bonds. The number of nitrogens with zero attached hydrogens (tertiary/aromatic N) is 1. The van der Waals surface area contributed by atoms with Gasteiger partial charge in [-0.3, -0.25) is 4.79 Å². The van der Waals surface area contributed by atoms with E-state index in [-0.39, 0.29) is 10.6 Å². The molecule has 24 heavy (non-hydrogen) atoms. The van der Waals surface area contributed by atoms with Crippen LogP contribution in [0.3, 0.4) is 0 Å². The van der Waals surface area contributed by atoms with Crippen LogP contribution in [0.4, 0.5) is 0 Å². The quantitative estimate of drug-likeness (QED) is 0.637. The zero-order valence-corrected chi connectivity index (χ0v) is 14.6. The normalized spacial score (nSPS) is 11.8. The first-order valence-corrected chi connectivity index (χ1v) is 9.41. The maximum atomic E-state index is 13.1. The molecular weight excluding hydrogens is 346 g/mol. The highest BCUT2D eigenvalue weighted by atomic mass is 35.5. The van der Waals surface area contributed by atoms with Crippen LogP contribution in [0, 0.1) is 0 Å². The molecule has 0 spiro atoms. The molecular formula is C18H16ClNO3S. The Morgan fingerprint density at radius 3 is 2.46 bits per heavy atom. The van der Waals surface area contributed by atoms with Gasteiger partial charge in [0.1, 0.15) is 0 Å². The van der Waals surface area contributed by atoms with Crippen molar-refractivity contribution in [2.75, 3.05) is 0 Å². The third kappa shape index (κ3) is 2.64. The standard InChI is InChI=1S/C18H16ClNO3S/c1-2-6-13-9-10-14-11-15(12-21)20(18(14)17(13)19)24(22,23)16-7-4-3-5-8-16/h3-5,7-12H,2,6H2,1H3. The van der Waals surface area contributed by atoms with Gasteiger partial charge in [-0.2, -0.15) is 0 Å². The molecule has 0 saturated carbocycles. The molecule has 0 aliphatic rings. The summed E-state index contributed by atoms with van der Waals surface area (Å²) in [6, 6.07) is 13.2. The molecule has 0 aliphatic carbocycles. The fraction of sp³-hybridized carbons (Fsp3) is 0.167. The first kappa shape index (κ1) is 16.7. The van der Waals surface area contributed by atoms with E-state index in [1.807, 2.05) is 13.0 Å². The van der Waals surface area contributed by atoms with Crippen LogP contribution < -0.4 is 0 Å². The molecule has 3 rings (SSSR count). The second kappa shape index (κ2) is 6.42. The summed E-state index contributed by atoms with van der Waals surface area (Å²) in [4.78, 5) is 11.6. The van der Waals surface area contributed by atoms with Gasteiger partial charge < -0.3 is 0 Å². The number of hydrogen-bond donors (Lipinski definition) is 0. The lowest BCUT2D eigenvalue weighted by Crippen LogP contribution is -2.15. The van der Waals surface area contributed by atoms with E-state index < -0.39 is 10.0 Å². The summed E-state index contributed by atoms with van der Waals surface area (Å²) in [6.07, 6.45) is 2.16. The molecule has 1 aromatic heterocycles. The van der Waals surface area contributed by atoms with Gasteiger partial charge in [-0.25, -0.2) is 12.4 Å². The number of carbonyl (C=O) groups excluding carboxylic acids is 1. The maximum absolute atomic E-state index is 13.1. The van der Waals surface area contributed by atoms with Gasteiger partial charge in [0.25, 0.3) is 10.0 Å². The summed E-state index contributed by atoms with van der Waals surface area (Å²) in [6.45, 7) is 2.02. The van der Waals surface area contributed by atoms with Gasteiger partial charge >= 0.3 is 0 Å². The average molecular weight is 362 g/mol. The summed E-state index contributed by atoms with van der Waals surface area (Å²) in [5, 5.41) is 1.00. The first-order valence-electron chi connectivity index (χ1n) is 7.59. The van der Waals surface area contributed by atoms with Crippen molar-refractivity contribution in [3.05, 3.63) is 64.8 Å². The van der Waals surface area contributed by atoms with Crippen molar-refractivity contribution in [3.8, 4) is 0 Å². The number of aromatic nitrogens is 1. The van der Waals surface area contributed by atoms with Gasteiger partial charge in [-0.15, -0.1) is 0 Å². The Morgan fingerprint density at radius 1 is 1.12 bits per heavy atom. The van der Waals surface area contributed by atoms with E-state index in [0.717, 1.165) is 22.4 Å². The van der Waals surface area contributed by atoms with E-state index >= 15 is 0 Å². The Kier molecular flexibility index (Phi) is 4.47. The van der Waals surface area contributed by atoms with Gasteiger partial charge in [0.2, 0.25) is 0 Å². The Bertz CT molecular complexity index is 1010. The van der Waals surface area contributed by atoms with Crippen LogP contribution in [0.5, 0.6) is 0 Å². The van der Waals surface area contributed by atoms with Gasteiger partial charge in [0.15, 0.2) is 6.29 Å². The molecule has 1 heterocycles. The van der Waals surface area contributed by atoms with Gasteiger partial charge in [0.05, 0.1) is 21.1 Å². The fourth-order valence-electron chi connectivity index (χ4n) is 2.79. The lowest BCUT2D eigenvalue weighted by Gasteiger charge is -2.12. The summed E-state index contributed by atoms with van der Waals surface area (Å²) in [5.74, 6) is 0. The summed E-state index contributed by atoms with van der Waals surface area (Å²) in [7, 11) is -3.92. The molecule has 0 fully saturated rings. The predicted octanol–water partition coefficient (Wildman–Crippen LogP) is 4.30. The van der Waals surface area contributed by atoms with Crippen molar-refractivity contribution in [2.45, 2.75) is 24.7 Å². The largest absolute Gasteiger partial charge is 0.296 e. The van der Waals surface area contributed by atoms with Crippen LogP contribution in [0.15, 0.2) is 53.4 Å². The second-order valence-corrected chi connectivity index (χ2v) is 7.66. The third-order valence-corrected chi connectivity index (χ3v) is 6.05. The molecule has 0 bridgehead atoms. The van der Waals surface area contributed by atoms with Crippen molar-refractivity contribution in [1.29, 1.82) is 0 Å². The number of aldehydes is 1. The molecule has 124 valence electrons. The molecule has 3 aromatic rings. The second-order valence-electron chi connectivity index (χ2n) is 5.50. The van der Waals surface area contributed by atoms with E-state index in [0.29, 0.717) is 22.2 Å². The maximum Gasteiger partial charge on any atom is 0.268 e. The molecule has 0 saturated heterocycles. The van der Waals surface area contributed by atoms with Crippen LogP contribution >= 0.6 is 11.6 Å². The third-order valence-electron chi connectivity index (χ3n) is 3.89. The van der Waals surface area contributed by atoms with Crippen molar-refractivity contribution >= 4 is 38.8 Å². The van der Waals surface area contributed by atoms with E-state index in [9.17, 15) is 13.2 Å². The van der Waals surface area contributed by atoms with Crippen LogP contribution in [0.25, 0.3) is 10.9 Å². The summed E-state index contributed by atoms with van der Waals surface area (Å²) in [5.41, 5.74) is 1.28. The molecule has 0 radical (unpaired) electrons. The molecule has 6 heteroatoms. The highest BCUT2D eigenvalue weighted by Gasteiger charge is 2.25. The van der Waals surface area contributed by atoms with Gasteiger partial charge in [-0.05, 0) is 30.2 Å². The predicted molar refractivity (Wildman–Crippen MR) is 95.4 cm³/mol. The van der Waals surface area contributed by atoms with Crippen LogP contribution in [0.2, 0.25) is 5.02 Å². The summed E-state index contributed by atoms with van der Waals surface area (Å²) >= 11 is 6.49. The Hall–Kier alpha value is -2.11. The summed E-state index contributed by atoms with van der Waals surface area (Å²) < 4.78 is 27.2. The zero-order chi connectivity index (χ0) is 17.3. The van der Waals surface area contributed by atoms with Crippen LogP contribution in [-0.4, -0.2) is 18.7 Å². The Morgan fingerprint density at radius 2 is 1.83 bits per heavy atom. The number of halogens is 1. The van der Waals surface area contributed by atoms with Crippen LogP contribution in [0.1, 0.15) is 29.4 Å². The highest BCUT2D eigenvalue weighted by molar-refractivity contribution is 7.90. The molecule has 2 aromatic carbocycles. The topological polar surface area (TPSA) is 56.1 Å². The molecule has 0 unspecified atom stereocenters. The number of benzene rings is 2. The van der Waals surface area contributed by atoms with Crippen molar-refractivity contribution in [3.63, 3.8) is 0 Å². The van der Waals surface area contributed by atoms with E-state index in [1.54, 1.807) is 30.3 Å². The number of carbonyl (C=O) groups is 1. The monoisotopic (exact) mass is 361 g/mol. The molecule has 0 N–H and O–H groups in total. The van der Waals surface area contributed by atoms with Crippen molar-refractivity contribution in [1.82, 2.24) is 3.97 Å². The van der Waals surface area contributed by atoms with Gasteiger partial charge in [0, 0.05) is 5.39 Å². The van der Waals surface area contributed by atoms with Crippen LogP contribution in [-0.2, 0) is 16.4 Å². The van der Waals surface area contributed by atoms with E-state index in [2.05, 4.69) is 0 Å². The average Bonchev–Trinajstić information content (AvgIpc) is 2.98. The van der Waals surface area contributed by atoms with E-state index in [1.165, 1.54) is 12.1 Å². The smallest absolute Gasteiger partial charge is 0.268 e. The minimum absolute atomic E-state index is 0.0596. The molecule has 0 atom stereocenters. The molecule has 0 aliphatic heterocycles. The van der Waals surface area contributed by atoms with E-state index in [4.69, 9.17) is 11.6 Å². The van der Waals surface area contributed by atoms with Crippen molar-refractivity contribution in [2.24, 2.45) is 0 Å². The van der Waals surface area contributed by atoms with Gasteiger partial charge in [-0.1, -0.05) is 55.3 Å². The zero-order valence-electron chi connectivity index (χ0n) is 13.1. The van der Waals surface area contributed by atoms with Crippen molar-refractivity contribution < 1.29 is 13.2 Å². The Labute approximate surface area is 145 Å². The highest BCUT2D eigenvalue weighted by Crippen LogP contribution is 2.33. The SMILES string of the molecule is CCCc1ccc2cc(C=O)n(S(=O)(=O)c3ccccc3)c2c1Cl. The number of fused-ring (bicyclic) bond motifs is 1. The lowest BCUT2D eigenvalue weighted by atomic mass is 10.1. The molecule has 4 nitrogen and oxygen atoms in total. The fourth-order valence-corrected chi connectivity index (χ4v) is 4.72. The number of hydrogen-bond acceptors (Lipinski definition) is 3. The number of rotatable bonds is 5. The number of aryl methyl sites for hydroxylation is 1. The minimum Gasteiger partial charge on any atom is -0.296 e. The Balaban J connectivity index is 2.38. The lowest BCUT2D eigenvalue weighted by molar-refractivity contribution is 0.111.